The lowest BCUT2D eigenvalue weighted by Crippen LogP contribution is -2.56. The first-order valence-corrected chi connectivity index (χ1v) is 7.15. The maximum Gasteiger partial charge on any atom is 0.309 e. The summed E-state index contributed by atoms with van der Waals surface area (Å²) >= 11 is 0. The molecule has 0 radical (unpaired) electrons. The zero-order valence-corrected chi connectivity index (χ0v) is 11.9. The molecule has 0 aromatic heterocycles. The van der Waals surface area contributed by atoms with Crippen molar-refractivity contribution in [3.05, 3.63) is 0 Å². The summed E-state index contributed by atoms with van der Waals surface area (Å²) in [5, 5.41) is 9.10. The van der Waals surface area contributed by atoms with Crippen LogP contribution in [0.1, 0.15) is 39.5 Å². The number of aliphatic carboxylic acids is 1. The third-order valence-corrected chi connectivity index (χ3v) is 4.36. The van der Waals surface area contributed by atoms with Crippen LogP contribution in [0.25, 0.3) is 0 Å². The highest BCUT2D eigenvalue weighted by atomic mass is 16.4. The number of carbonyl (C=O) groups is 2. The fourth-order valence-corrected chi connectivity index (χ4v) is 2.95. The second-order valence-electron chi connectivity index (χ2n) is 6.39. The van der Waals surface area contributed by atoms with Crippen molar-refractivity contribution in [3.8, 4) is 0 Å². The van der Waals surface area contributed by atoms with Crippen molar-refractivity contribution in [2.75, 3.05) is 26.2 Å². The summed E-state index contributed by atoms with van der Waals surface area (Å²) in [5.41, 5.74) is -0.971. The second-order valence-corrected chi connectivity index (χ2v) is 6.39. The van der Waals surface area contributed by atoms with E-state index in [2.05, 4.69) is 4.90 Å². The largest absolute Gasteiger partial charge is 0.481 e. The molecule has 1 N–H and O–H groups in total. The minimum absolute atomic E-state index is 0.0161. The summed E-state index contributed by atoms with van der Waals surface area (Å²) in [7, 11) is 0. The number of carbonyl (C=O) groups excluding carboxylic acids is 1. The molecule has 0 saturated carbocycles. The summed E-state index contributed by atoms with van der Waals surface area (Å²) in [6, 6.07) is 0.486. The van der Waals surface area contributed by atoms with Gasteiger partial charge in [0.1, 0.15) is 0 Å². The molecule has 108 valence electrons. The van der Waals surface area contributed by atoms with Gasteiger partial charge in [0.15, 0.2) is 0 Å². The Morgan fingerprint density at radius 1 is 1.21 bits per heavy atom. The van der Waals surface area contributed by atoms with Crippen LogP contribution in [0.15, 0.2) is 0 Å². The smallest absolute Gasteiger partial charge is 0.309 e. The minimum Gasteiger partial charge on any atom is -0.481 e. The van der Waals surface area contributed by atoms with Gasteiger partial charge in [0.25, 0.3) is 0 Å². The number of piperidine rings is 1. The van der Waals surface area contributed by atoms with Crippen LogP contribution in [0.4, 0.5) is 0 Å². The van der Waals surface area contributed by atoms with Gasteiger partial charge in [-0.1, -0.05) is 6.42 Å². The van der Waals surface area contributed by atoms with E-state index in [0.29, 0.717) is 6.04 Å². The van der Waals surface area contributed by atoms with Gasteiger partial charge in [-0.15, -0.1) is 0 Å². The number of rotatable bonds is 3. The number of carboxylic acid groups (broad SMARTS) is 1. The Bertz CT molecular complexity index is 368. The number of hydrogen-bond donors (Lipinski definition) is 1. The van der Waals surface area contributed by atoms with E-state index in [4.69, 9.17) is 5.11 Å². The van der Waals surface area contributed by atoms with E-state index in [1.54, 1.807) is 13.8 Å². The third kappa shape index (κ3) is 3.26. The van der Waals surface area contributed by atoms with Gasteiger partial charge >= 0.3 is 5.97 Å². The average Bonchev–Trinajstić information content (AvgIpc) is 2.37. The third-order valence-electron chi connectivity index (χ3n) is 4.36. The average molecular weight is 268 g/mol. The lowest BCUT2D eigenvalue weighted by molar-refractivity contribution is -0.152. The molecule has 2 aliphatic heterocycles. The minimum atomic E-state index is -0.971. The van der Waals surface area contributed by atoms with E-state index in [1.807, 2.05) is 4.90 Å². The second kappa shape index (κ2) is 5.49. The molecule has 0 aliphatic carbocycles. The molecule has 0 bridgehead atoms. The fraction of sp³-hybridized carbons (Fsp3) is 0.857. The van der Waals surface area contributed by atoms with E-state index in [-0.39, 0.29) is 12.3 Å². The van der Waals surface area contributed by atoms with E-state index in [9.17, 15) is 9.59 Å². The number of piperazine rings is 1. The first kappa shape index (κ1) is 14.3. The van der Waals surface area contributed by atoms with Gasteiger partial charge in [-0.05, 0) is 33.2 Å². The Morgan fingerprint density at radius 2 is 1.95 bits per heavy atom. The number of amides is 1. The zero-order valence-electron chi connectivity index (χ0n) is 11.9. The molecule has 2 saturated heterocycles. The predicted molar refractivity (Wildman–Crippen MR) is 71.8 cm³/mol. The van der Waals surface area contributed by atoms with Gasteiger partial charge in [-0.3, -0.25) is 14.5 Å². The normalized spacial score (nSPS) is 24.9. The molecular weight excluding hydrogens is 244 g/mol. The highest BCUT2D eigenvalue weighted by Gasteiger charge is 2.35. The molecule has 1 unspecified atom stereocenters. The number of nitrogens with zero attached hydrogens (tertiary/aromatic N) is 2. The highest BCUT2D eigenvalue weighted by molar-refractivity contribution is 5.84. The Morgan fingerprint density at radius 3 is 2.63 bits per heavy atom. The Labute approximate surface area is 114 Å². The molecule has 1 amide bonds. The molecule has 5 heteroatoms. The van der Waals surface area contributed by atoms with Crippen molar-refractivity contribution in [3.63, 3.8) is 0 Å². The van der Waals surface area contributed by atoms with E-state index < -0.39 is 11.4 Å². The zero-order chi connectivity index (χ0) is 14.0. The number of hydrogen-bond acceptors (Lipinski definition) is 3. The topological polar surface area (TPSA) is 60.9 Å². The maximum atomic E-state index is 12.2. The monoisotopic (exact) mass is 268 g/mol. The lowest BCUT2D eigenvalue weighted by atomic mass is 9.88. The summed E-state index contributed by atoms with van der Waals surface area (Å²) in [6.45, 7) is 6.82. The maximum absolute atomic E-state index is 12.2. The Hall–Kier alpha value is -1.10. The van der Waals surface area contributed by atoms with Gasteiger partial charge in [0, 0.05) is 32.1 Å². The fourth-order valence-electron chi connectivity index (χ4n) is 2.95. The lowest BCUT2D eigenvalue weighted by Gasteiger charge is -2.44. The van der Waals surface area contributed by atoms with E-state index in [1.165, 1.54) is 12.8 Å². The summed E-state index contributed by atoms with van der Waals surface area (Å²) in [4.78, 5) is 27.7. The van der Waals surface area contributed by atoms with Crippen molar-refractivity contribution in [1.29, 1.82) is 0 Å². The van der Waals surface area contributed by atoms with Gasteiger partial charge in [-0.25, -0.2) is 0 Å². The van der Waals surface area contributed by atoms with Crippen molar-refractivity contribution in [2.24, 2.45) is 5.41 Å². The van der Waals surface area contributed by atoms with Gasteiger partial charge < -0.3 is 10.0 Å². The van der Waals surface area contributed by atoms with Crippen LogP contribution >= 0.6 is 0 Å². The SMILES string of the molecule is CC(C)(CC(=O)N1CCN2CCCCC2C1)C(=O)O. The van der Waals surface area contributed by atoms with Gasteiger partial charge in [0.05, 0.1) is 5.41 Å². The quantitative estimate of drug-likeness (QED) is 0.835. The number of fused-ring (bicyclic) bond motifs is 1. The number of carboxylic acids is 1. The Kier molecular flexibility index (Phi) is 4.13. The molecule has 1 atom stereocenters. The van der Waals surface area contributed by atoms with E-state index >= 15 is 0 Å². The first-order valence-electron chi connectivity index (χ1n) is 7.15. The Balaban J connectivity index is 1.92. The van der Waals surface area contributed by atoms with Crippen molar-refractivity contribution < 1.29 is 14.7 Å². The molecule has 0 aromatic carbocycles. The van der Waals surface area contributed by atoms with Gasteiger partial charge in [-0.2, -0.15) is 0 Å². The highest BCUT2D eigenvalue weighted by Crippen LogP contribution is 2.25. The summed E-state index contributed by atoms with van der Waals surface area (Å²) in [6.07, 6.45) is 3.75. The molecule has 2 rings (SSSR count). The van der Waals surface area contributed by atoms with Crippen LogP contribution in [-0.4, -0.2) is 59.0 Å². The summed E-state index contributed by atoms with van der Waals surface area (Å²) < 4.78 is 0. The molecule has 5 nitrogen and oxygen atoms in total. The van der Waals surface area contributed by atoms with Crippen molar-refractivity contribution >= 4 is 11.9 Å². The van der Waals surface area contributed by atoms with Crippen LogP contribution < -0.4 is 0 Å². The van der Waals surface area contributed by atoms with Crippen LogP contribution in [0, 0.1) is 5.41 Å². The molecule has 19 heavy (non-hydrogen) atoms. The molecule has 2 aliphatic rings. The standard InChI is InChI=1S/C14H24N2O3/c1-14(2,13(18)19)9-12(17)16-8-7-15-6-4-3-5-11(15)10-16/h11H,3-10H2,1-2H3,(H,18,19). The van der Waals surface area contributed by atoms with Crippen LogP contribution in [0.2, 0.25) is 0 Å². The summed E-state index contributed by atoms with van der Waals surface area (Å²) in [5.74, 6) is -0.922. The molecular formula is C14H24N2O3. The van der Waals surface area contributed by atoms with E-state index in [0.717, 1.165) is 32.6 Å². The van der Waals surface area contributed by atoms with Crippen LogP contribution in [-0.2, 0) is 9.59 Å². The van der Waals surface area contributed by atoms with Crippen LogP contribution in [0.5, 0.6) is 0 Å². The van der Waals surface area contributed by atoms with Crippen molar-refractivity contribution in [2.45, 2.75) is 45.6 Å². The van der Waals surface area contributed by atoms with Gasteiger partial charge in [0.2, 0.25) is 5.91 Å². The molecule has 0 aromatic rings. The first-order chi connectivity index (χ1) is 8.90. The van der Waals surface area contributed by atoms with Crippen LogP contribution in [0.3, 0.4) is 0 Å². The molecule has 0 spiro atoms. The van der Waals surface area contributed by atoms with Crippen molar-refractivity contribution in [1.82, 2.24) is 9.80 Å². The predicted octanol–water partition coefficient (Wildman–Crippen LogP) is 1.18. The molecule has 2 heterocycles. The molecule has 2 fully saturated rings.